The number of carbonyl (C=O) groups excluding carboxylic acids is 2. The summed E-state index contributed by atoms with van der Waals surface area (Å²) in [6.45, 7) is 3.25. The molecule has 2 saturated carbocycles. The van der Waals surface area contributed by atoms with Crippen LogP contribution in [0.15, 0.2) is 48.8 Å². The molecule has 2 atom stereocenters. The Morgan fingerprint density at radius 3 is 2.26 bits per heavy atom. The molecular formula is C31H44N4O3. The highest BCUT2D eigenvalue weighted by Crippen LogP contribution is 2.29. The molecule has 2 fully saturated rings. The zero-order valence-corrected chi connectivity index (χ0v) is 22.7. The Morgan fingerprint density at radius 1 is 0.921 bits per heavy atom. The molecule has 0 spiro atoms. The van der Waals surface area contributed by atoms with Crippen LogP contribution in [0.3, 0.4) is 0 Å². The highest BCUT2D eigenvalue weighted by Gasteiger charge is 2.30. The Labute approximate surface area is 227 Å². The minimum atomic E-state index is -0.607. The number of carbonyl (C=O) groups is 2. The summed E-state index contributed by atoms with van der Waals surface area (Å²) in [7, 11) is 0. The number of nitrogens with zero attached hydrogens (tertiary/aromatic N) is 1. The molecule has 4 N–H and O–H groups in total. The third-order valence-electron chi connectivity index (χ3n) is 8.43. The van der Waals surface area contributed by atoms with Gasteiger partial charge in [-0.15, -0.1) is 0 Å². The normalized spacial score (nSPS) is 21.7. The number of hydrogen-bond acceptors (Lipinski definition) is 5. The third kappa shape index (κ3) is 8.29. The van der Waals surface area contributed by atoms with Crippen LogP contribution >= 0.6 is 0 Å². The molecular weight excluding hydrogens is 476 g/mol. The van der Waals surface area contributed by atoms with Gasteiger partial charge in [-0.3, -0.25) is 14.6 Å². The molecule has 0 radical (unpaired) electrons. The molecule has 2 aliphatic carbocycles. The molecule has 1 aromatic heterocycles. The average molecular weight is 521 g/mol. The first-order valence-electron chi connectivity index (χ1n) is 14.4. The molecule has 1 aromatic carbocycles. The topological polar surface area (TPSA) is 106 Å². The molecule has 4 rings (SSSR count). The van der Waals surface area contributed by atoms with Crippen LogP contribution in [-0.4, -0.2) is 35.4 Å². The minimum absolute atomic E-state index is 0.0109. The molecule has 2 aromatic rings. The van der Waals surface area contributed by atoms with E-state index in [9.17, 15) is 9.59 Å². The van der Waals surface area contributed by atoms with Crippen LogP contribution in [0.1, 0.15) is 75.8 Å². The van der Waals surface area contributed by atoms with Gasteiger partial charge < -0.3 is 21.1 Å². The van der Waals surface area contributed by atoms with E-state index in [0.717, 1.165) is 55.4 Å². The largest absolute Gasteiger partial charge is 0.489 e. The second-order valence-electron chi connectivity index (χ2n) is 11.2. The maximum Gasteiger partial charge on any atom is 0.243 e. The predicted molar refractivity (Wildman–Crippen MR) is 149 cm³/mol. The molecule has 0 bridgehead atoms. The fraction of sp³-hybridized carbons (Fsp3) is 0.581. The van der Waals surface area contributed by atoms with E-state index in [1.165, 1.54) is 19.3 Å². The summed E-state index contributed by atoms with van der Waals surface area (Å²) in [5, 5.41) is 6.36. The van der Waals surface area contributed by atoms with E-state index in [2.05, 4.69) is 22.5 Å². The van der Waals surface area contributed by atoms with Gasteiger partial charge in [0, 0.05) is 30.8 Å². The van der Waals surface area contributed by atoms with Gasteiger partial charge in [0.15, 0.2) is 0 Å². The lowest BCUT2D eigenvalue weighted by atomic mass is 9.81. The lowest BCUT2D eigenvalue weighted by Gasteiger charge is -2.31. The Kier molecular flexibility index (Phi) is 10.6. The Balaban J connectivity index is 1.38. The number of rotatable bonds is 11. The maximum absolute atomic E-state index is 13.5. The molecule has 7 nitrogen and oxygen atoms in total. The van der Waals surface area contributed by atoms with Gasteiger partial charge in [-0.1, -0.05) is 31.4 Å². The second-order valence-corrected chi connectivity index (χ2v) is 11.2. The molecule has 206 valence electrons. The fourth-order valence-electron chi connectivity index (χ4n) is 5.84. The second kappa shape index (κ2) is 14.3. The van der Waals surface area contributed by atoms with Gasteiger partial charge in [-0.2, -0.15) is 0 Å². The van der Waals surface area contributed by atoms with Crippen LogP contribution < -0.4 is 21.1 Å². The number of ether oxygens (including phenoxy) is 1. The van der Waals surface area contributed by atoms with E-state index in [1.807, 2.05) is 36.4 Å². The summed E-state index contributed by atoms with van der Waals surface area (Å²) >= 11 is 0. The number of pyridine rings is 1. The Bertz CT molecular complexity index is 1000. The van der Waals surface area contributed by atoms with Crippen molar-refractivity contribution >= 4 is 11.8 Å². The summed E-state index contributed by atoms with van der Waals surface area (Å²) in [5.74, 6) is 1.63. The molecule has 1 heterocycles. The fourth-order valence-corrected chi connectivity index (χ4v) is 5.84. The quantitative estimate of drug-likeness (QED) is 0.403. The Morgan fingerprint density at radius 2 is 1.61 bits per heavy atom. The van der Waals surface area contributed by atoms with Crippen molar-refractivity contribution in [1.29, 1.82) is 0 Å². The van der Waals surface area contributed by atoms with Gasteiger partial charge in [-0.05, 0) is 99.2 Å². The van der Waals surface area contributed by atoms with Crippen LogP contribution in [0.5, 0.6) is 5.75 Å². The zero-order chi connectivity index (χ0) is 26.7. The highest BCUT2D eigenvalue weighted by molar-refractivity contribution is 5.89. The van der Waals surface area contributed by atoms with E-state index in [-0.39, 0.29) is 23.8 Å². The molecule has 7 heteroatoms. The van der Waals surface area contributed by atoms with E-state index >= 15 is 0 Å². The van der Waals surface area contributed by atoms with Crippen molar-refractivity contribution < 1.29 is 14.3 Å². The lowest BCUT2D eigenvalue weighted by molar-refractivity contribution is -0.132. The number of nitrogens with one attached hydrogen (secondary N) is 2. The lowest BCUT2D eigenvalue weighted by Crippen LogP contribution is -2.53. The SMILES string of the molecule is C[C@H](NC(=O)[C@H](Cc1ccc(OCc2ccncc2)cc1)NC(=O)C1CCC(CN)CC1)C1CCCCC1. The third-order valence-corrected chi connectivity index (χ3v) is 8.43. The van der Waals surface area contributed by atoms with Gasteiger partial charge in [0.05, 0.1) is 0 Å². The smallest absolute Gasteiger partial charge is 0.243 e. The number of amides is 2. The highest BCUT2D eigenvalue weighted by atomic mass is 16.5. The molecule has 0 unspecified atom stereocenters. The van der Waals surface area contributed by atoms with Crippen molar-refractivity contribution in [1.82, 2.24) is 15.6 Å². The van der Waals surface area contributed by atoms with E-state index in [1.54, 1.807) is 12.4 Å². The minimum Gasteiger partial charge on any atom is -0.489 e. The summed E-state index contributed by atoms with van der Waals surface area (Å²) in [4.78, 5) is 30.7. The van der Waals surface area contributed by atoms with Crippen LogP contribution in [0, 0.1) is 17.8 Å². The summed E-state index contributed by atoms with van der Waals surface area (Å²) < 4.78 is 5.90. The zero-order valence-electron chi connectivity index (χ0n) is 22.7. The first kappa shape index (κ1) is 28.1. The van der Waals surface area contributed by atoms with Crippen molar-refractivity contribution in [2.45, 2.75) is 89.8 Å². The van der Waals surface area contributed by atoms with Gasteiger partial charge in [0.2, 0.25) is 11.8 Å². The monoisotopic (exact) mass is 520 g/mol. The van der Waals surface area contributed by atoms with Gasteiger partial charge in [-0.25, -0.2) is 0 Å². The molecule has 2 aliphatic rings. The number of hydrogen-bond donors (Lipinski definition) is 3. The first-order valence-corrected chi connectivity index (χ1v) is 14.4. The van der Waals surface area contributed by atoms with Gasteiger partial charge >= 0.3 is 0 Å². The van der Waals surface area contributed by atoms with Gasteiger partial charge in [0.1, 0.15) is 18.4 Å². The van der Waals surface area contributed by atoms with E-state index < -0.39 is 6.04 Å². The molecule has 38 heavy (non-hydrogen) atoms. The summed E-state index contributed by atoms with van der Waals surface area (Å²) in [6.07, 6.45) is 13.6. The number of nitrogens with two attached hydrogens (primary N) is 1. The van der Waals surface area contributed by atoms with Crippen LogP contribution in [0.25, 0.3) is 0 Å². The van der Waals surface area contributed by atoms with E-state index in [0.29, 0.717) is 31.4 Å². The number of aromatic nitrogens is 1. The van der Waals surface area contributed by atoms with Crippen molar-refractivity contribution in [2.24, 2.45) is 23.5 Å². The Hall–Kier alpha value is -2.93. The maximum atomic E-state index is 13.5. The van der Waals surface area contributed by atoms with Crippen LogP contribution in [-0.2, 0) is 22.6 Å². The van der Waals surface area contributed by atoms with Crippen molar-refractivity contribution in [2.75, 3.05) is 6.54 Å². The molecule has 0 aliphatic heterocycles. The first-order chi connectivity index (χ1) is 18.5. The van der Waals surface area contributed by atoms with Gasteiger partial charge in [0.25, 0.3) is 0 Å². The van der Waals surface area contributed by atoms with Crippen molar-refractivity contribution in [3.05, 3.63) is 59.9 Å². The van der Waals surface area contributed by atoms with Crippen LogP contribution in [0.2, 0.25) is 0 Å². The van der Waals surface area contributed by atoms with Crippen molar-refractivity contribution in [3.8, 4) is 5.75 Å². The standard InChI is InChI=1S/C31H44N4O3/c1-22(26-5-3-2-4-6-26)34-31(37)29(35-30(36)27-11-7-24(20-32)8-12-27)19-23-9-13-28(14-10-23)38-21-25-15-17-33-18-16-25/h9-10,13-18,22,24,26-27,29H,2-8,11-12,19-21,32H2,1H3,(H,34,37)(H,35,36)/t22-,24?,27?,29-/m0/s1. The predicted octanol–water partition coefficient (Wildman–Crippen LogP) is 4.54. The van der Waals surface area contributed by atoms with Crippen LogP contribution in [0.4, 0.5) is 0 Å². The van der Waals surface area contributed by atoms with Crippen molar-refractivity contribution in [3.63, 3.8) is 0 Å². The summed E-state index contributed by atoms with van der Waals surface area (Å²) in [5.41, 5.74) is 7.87. The molecule has 0 saturated heterocycles. The van der Waals surface area contributed by atoms with E-state index in [4.69, 9.17) is 10.5 Å². The molecule has 2 amide bonds. The summed E-state index contributed by atoms with van der Waals surface area (Å²) in [6, 6.07) is 11.2. The average Bonchev–Trinajstić information content (AvgIpc) is 2.97. The number of benzene rings is 1.